The second-order valence-corrected chi connectivity index (χ2v) is 5.74. The van der Waals surface area contributed by atoms with Gasteiger partial charge in [0.15, 0.2) is 12.7 Å². The third-order valence-corrected chi connectivity index (χ3v) is 3.46. The number of amides is 1. The number of esters is 1. The van der Waals surface area contributed by atoms with Crippen molar-refractivity contribution >= 4 is 40.8 Å². The Balaban J connectivity index is 1.78. The Bertz CT molecular complexity index is 702. The van der Waals surface area contributed by atoms with E-state index >= 15 is 0 Å². The van der Waals surface area contributed by atoms with Crippen molar-refractivity contribution in [3.63, 3.8) is 0 Å². The molecule has 0 unspecified atom stereocenters. The molecule has 0 radical (unpaired) electrons. The summed E-state index contributed by atoms with van der Waals surface area (Å²) in [6, 6.07) is 13.1. The molecule has 0 aliphatic heterocycles. The highest BCUT2D eigenvalue weighted by Gasteiger charge is 2.18. The van der Waals surface area contributed by atoms with E-state index in [-0.39, 0.29) is 6.61 Å². The number of rotatable bonds is 6. The minimum absolute atomic E-state index is 0.305. The average Bonchev–Trinajstić information content (AvgIpc) is 2.56. The molecule has 1 amide bonds. The van der Waals surface area contributed by atoms with Crippen molar-refractivity contribution in [2.24, 2.45) is 0 Å². The van der Waals surface area contributed by atoms with Crippen molar-refractivity contribution in [3.8, 4) is 5.75 Å². The van der Waals surface area contributed by atoms with Gasteiger partial charge in [-0.05, 0) is 55.5 Å². The molecule has 0 bridgehead atoms. The van der Waals surface area contributed by atoms with Crippen LogP contribution in [-0.2, 0) is 14.3 Å². The summed E-state index contributed by atoms with van der Waals surface area (Å²) in [5.41, 5.74) is 0.560. The van der Waals surface area contributed by atoms with Gasteiger partial charge in [-0.15, -0.1) is 0 Å². The second kappa shape index (κ2) is 8.57. The number of benzene rings is 2. The van der Waals surface area contributed by atoms with Crippen molar-refractivity contribution in [2.75, 3.05) is 11.9 Å². The van der Waals surface area contributed by atoms with Gasteiger partial charge >= 0.3 is 5.97 Å². The van der Waals surface area contributed by atoms with Crippen LogP contribution in [0, 0.1) is 0 Å². The minimum atomic E-state index is -0.956. The predicted molar refractivity (Wildman–Crippen MR) is 92.6 cm³/mol. The molecule has 0 aromatic heterocycles. The Labute approximate surface area is 149 Å². The van der Waals surface area contributed by atoms with Gasteiger partial charge in [0.05, 0.1) is 0 Å². The number of hydrogen-bond donors (Lipinski definition) is 1. The topological polar surface area (TPSA) is 64.6 Å². The van der Waals surface area contributed by atoms with Crippen LogP contribution in [0.5, 0.6) is 5.75 Å². The Hall–Kier alpha value is -2.24. The molecular weight excluding hydrogens is 353 g/mol. The number of halogens is 2. The molecule has 24 heavy (non-hydrogen) atoms. The summed E-state index contributed by atoms with van der Waals surface area (Å²) < 4.78 is 10.3. The van der Waals surface area contributed by atoms with Crippen molar-refractivity contribution in [1.29, 1.82) is 0 Å². The fraction of sp³-hybridized carbons (Fsp3) is 0.176. The van der Waals surface area contributed by atoms with Crippen LogP contribution in [-0.4, -0.2) is 24.6 Å². The number of ether oxygens (including phenoxy) is 2. The van der Waals surface area contributed by atoms with Gasteiger partial charge in [-0.3, -0.25) is 4.79 Å². The summed E-state index contributed by atoms with van der Waals surface area (Å²) in [6.07, 6.45) is -0.956. The van der Waals surface area contributed by atoms with Crippen LogP contribution in [0.25, 0.3) is 0 Å². The van der Waals surface area contributed by atoms with Gasteiger partial charge in [0.1, 0.15) is 5.75 Å². The van der Waals surface area contributed by atoms with Gasteiger partial charge in [0.2, 0.25) is 0 Å². The lowest BCUT2D eigenvalue weighted by Crippen LogP contribution is -2.31. The Morgan fingerprint density at radius 2 is 1.54 bits per heavy atom. The van der Waals surface area contributed by atoms with E-state index in [9.17, 15) is 9.59 Å². The highest BCUT2D eigenvalue weighted by molar-refractivity contribution is 6.30. The summed E-state index contributed by atoms with van der Waals surface area (Å²) in [6.45, 7) is 1.17. The molecular formula is C17H15Cl2NO4. The maximum atomic E-state index is 12.0. The number of nitrogens with one attached hydrogen (secondary N) is 1. The average molecular weight is 368 g/mol. The maximum Gasteiger partial charge on any atom is 0.344 e. The fourth-order valence-corrected chi connectivity index (χ4v) is 1.99. The fourth-order valence-electron chi connectivity index (χ4n) is 1.73. The lowest BCUT2D eigenvalue weighted by molar-refractivity contribution is -0.155. The summed E-state index contributed by atoms with van der Waals surface area (Å²) in [5, 5.41) is 3.75. The molecule has 0 heterocycles. The Morgan fingerprint density at radius 3 is 2.12 bits per heavy atom. The van der Waals surface area contributed by atoms with Gasteiger partial charge in [-0.25, -0.2) is 4.79 Å². The zero-order valence-electron chi connectivity index (χ0n) is 12.8. The van der Waals surface area contributed by atoms with Crippen molar-refractivity contribution in [2.45, 2.75) is 13.0 Å². The summed E-state index contributed by atoms with van der Waals surface area (Å²) in [4.78, 5) is 23.7. The molecule has 0 spiro atoms. The van der Waals surface area contributed by atoms with E-state index in [1.165, 1.54) is 6.92 Å². The van der Waals surface area contributed by atoms with E-state index in [2.05, 4.69) is 5.32 Å². The number of carbonyl (C=O) groups excluding carboxylic acids is 2. The number of hydrogen-bond acceptors (Lipinski definition) is 4. The highest BCUT2D eigenvalue weighted by atomic mass is 35.5. The molecule has 0 fully saturated rings. The third kappa shape index (κ3) is 5.76. The summed E-state index contributed by atoms with van der Waals surface area (Å²) in [7, 11) is 0. The van der Waals surface area contributed by atoms with Crippen LogP contribution in [0.15, 0.2) is 48.5 Å². The Morgan fingerprint density at radius 1 is 1.00 bits per heavy atom. The SMILES string of the molecule is C[C@@H](OC(=O)COc1ccc(Cl)cc1)C(=O)Nc1ccc(Cl)cc1. The van der Waals surface area contributed by atoms with Crippen LogP contribution in [0.4, 0.5) is 5.69 Å². The van der Waals surface area contributed by atoms with Crippen LogP contribution < -0.4 is 10.1 Å². The van der Waals surface area contributed by atoms with Gasteiger partial charge in [-0.1, -0.05) is 23.2 Å². The molecule has 2 aromatic rings. The molecule has 2 rings (SSSR count). The van der Waals surface area contributed by atoms with Crippen molar-refractivity contribution in [3.05, 3.63) is 58.6 Å². The maximum absolute atomic E-state index is 12.0. The largest absolute Gasteiger partial charge is 0.482 e. The lowest BCUT2D eigenvalue weighted by Gasteiger charge is -2.14. The van der Waals surface area contributed by atoms with Gasteiger partial charge in [0.25, 0.3) is 5.91 Å². The van der Waals surface area contributed by atoms with E-state index in [4.69, 9.17) is 32.7 Å². The van der Waals surface area contributed by atoms with Crippen molar-refractivity contribution in [1.82, 2.24) is 0 Å². The van der Waals surface area contributed by atoms with Crippen LogP contribution in [0.3, 0.4) is 0 Å². The third-order valence-electron chi connectivity index (χ3n) is 2.96. The molecule has 0 aliphatic rings. The molecule has 1 N–H and O–H groups in total. The summed E-state index contributed by atoms with van der Waals surface area (Å²) >= 11 is 11.5. The first-order valence-electron chi connectivity index (χ1n) is 7.08. The normalized spacial score (nSPS) is 11.5. The zero-order chi connectivity index (χ0) is 17.5. The molecule has 5 nitrogen and oxygen atoms in total. The van der Waals surface area contributed by atoms with E-state index in [0.29, 0.717) is 21.5 Å². The summed E-state index contributed by atoms with van der Waals surface area (Å²) in [5.74, 6) is -0.615. The monoisotopic (exact) mass is 367 g/mol. The van der Waals surface area contributed by atoms with Gasteiger partial charge in [-0.2, -0.15) is 0 Å². The lowest BCUT2D eigenvalue weighted by atomic mass is 10.3. The predicted octanol–water partition coefficient (Wildman–Crippen LogP) is 3.94. The van der Waals surface area contributed by atoms with E-state index in [1.54, 1.807) is 48.5 Å². The standard InChI is InChI=1S/C17H15Cl2NO4/c1-11(17(22)20-14-6-2-12(18)3-7-14)24-16(21)10-23-15-8-4-13(19)5-9-15/h2-9,11H,10H2,1H3,(H,20,22)/t11-/m1/s1. The first kappa shape index (κ1) is 18.1. The molecule has 126 valence electrons. The highest BCUT2D eigenvalue weighted by Crippen LogP contribution is 2.16. The first-order chi connectivity index (χ1) is 11.4. The molecule has 0 saturated heterocycles. The van der Waals surface area contributed by atoms with Crippen LogP contribution >= 0.6 is 23.2 Å². The van der Waals surface area contributed by atoms with E-state index in [0.717, 1.165) is 0 Å². The van der Waals surface area contributed by atoms with Crippen molar-refractivity contribution < 1.29 is 19.1 Å². The molecule has 0 aliphatic carbocycles. The second-order valence-electron chi connectivity index (χ2n) is 4.87. The van der Waals surface area contributed by atoms with Gasteiger partial charge < -0.3 is 14.8 Å². The van der Waals surface area contributed by atoms with Crippen LogP contribution in [0.1, 0.15) is 6.92 Å². The molecule has 2 aromatic carbocycles. The smallest absolute Gasteiger partial charge is 0.344 e. The zero-order valence-corrected chi connectivity index (χ0v) is 14.3. The quantitative estimate of drug-likeness (QED) is 0.785. The molecule has 1 atom stereocenters. The molecule has 0 saturated carbocycles. The Kier molecular flexibility index (Phi) is 6.46. The van der Waals surface area contributed by atoms with E-state index in [1.807, 2.05) is 0 Å². The minimum Gasteiger partial charge on any atom is -0.482 e. The van der Waals surface area contributed by atoms with Gasteiger partial charge in [0, 0.05) is 15.7 Å². The number of anilines is 1. The van der Waals surface area contributed by atoms with Crippen LogP contribution in [0.2, 0.25) is 10.0 Å². The van der Waals surface area contributed by atoms with E-state index < -0.39 is 18.0 Å². The first-order valence-corrected chi connectivity index (χ1v) is 7.84. The number of carbonyl (C=O) groups is 2. The molecule has 7 heteroatoms.